The van der Waals surface area contributed by atoms with Gasteiger partial charge >= 0.3 is 0 Å². The molecule has 1 aliphatic carbocycles. The SMILES string of the molecule is C=C(C)[C@@H]1CCC(C)=C[C@H]1c1c(OC(=S)SCC2CO2)cc(CCCCC)cc1OC(=S)SCC1CO1. The molecule has 0 amide bonds. The van der Waals surface area contributed by atoms with Crippen molar-refractivity contribution in [3.05, 3.63) is 47.1 Å². The average molecular weight is 579 g/mol. The Hall–Kier alpha value is -0.900. The molecule has 4 nitrogen and oxygen atoms in total. The van der Waals surface area contributed by atoms with E-state index >= 15 is 0 Å². The summed E-state index contributed by atoms with van der Waals surface area (Å²) in [5.41, 5.74) is 4.74. The van der Waals surface area contributed by atoms with Crippen molar-refractivity contribution in [1.29, 1.82) is 0 Å². The Morgan fingerprint density at radius 2 is 1.59 bits per heavy atom. The highest BCUT2D eigenvalue weighted by Crippen LogP contribution is 2.48. The number of rotatable bonds is 12. The van der Waals surface area contributed by atoms with Gasteiger partial charge in [-0.05, 0) is 87.6 Å². The Morgan fingerprint density at radius 3 is 2.08 bits per heavy atom. The minimum atomic E-state index is 0.0834. The lowest BCUT2D eigenvalue weighted by molar-refractivity contribution is 0.426. The van der Waals surface area contributed by atoms with Crippen LogP contribution in [0.4, 0.5) is 0 Å². The molecule has 1 aromatic rings. The van der Waals surface area contributed by atoms with Crippen molar-refractivity contribution in [1.82, 2.24) is 0 Å². The predicted molar refractivity (Wildman–Crippen MR) is 165 cm³/mol. The Balaban J connectivity index is 1.70. The van der Waals surface area contributed by atoms with E-state index in [4.69, 9.17) is 43.4 Å². The summed E-state index contributed by atoms with van der Waals surface area (Å²) in [6.07, 6.45) is 9.47. The van der Waals surface area contributed by atoms with Crippen LogP contribution in [0.25, 0.3) is 0 Å². The van der Waals surface area contributed by atoms with Crippen molar-refractivity contribution in [2.24, 2.45) is 5.92 Å². The lowest BCUT2D eigenvalue weighted by atomic mass is 9.73. The summed E-state index contributed by atoms with van der Waals surface area (Å²) in [5, 5.41) is 0. The third-order valence-electron chi connectivity index (χ3n) is 6.91. The molecule has 37 heavy (non-hydrogen) atoms. The molecule has 0 aromatic heterocycles. The smallest absolute Gasteiger partial charge is 0.225 e. The molecule has 202 valence electrons. The summed E-state index contributed by atoms with van der Waals surface area (Å²) < 4.78 is 24.6. The first kappa shape index (κ1) is 29.1. The van der Waals surface area contributed by atoms with Gasteiger partial charge in [-0.1, -0.05) is 67.1 Å². The fourth-order valence-corrected chi connectivity index (χ4v) is 6.59. The van der Waals surface area contributed by atoms with Crippen LogP contribution in [0.1, 0.15) is 69.9 Å². The van der Waals surface area contributed by atoms with E-state index in [1.165, 1.54) is 53.1 Å². The van der Waals surface area contributed by atoms with E-state index < -0.39 is 0 Å². The lowest BCUT2D eigenvalue weighted by Crippen LogP contribution is -2.20. The van der Waals surface area contributed by atoms with Crippen LogP contribution in [0.15, 0.2) is 35.9 Å². The molecular weight excluding hydrogens is 541 g/mol. The first-order valence-electron chi connectivity index (χ1n) is 13.3. The molecule has 2 saturated heterocycles. The van der Waals surface area contributed by atoms with Crippen molar-refractivity contribution in [2.45, 2.75) is 77.4 Å². The molecule has 3 aliphatic rings. The van der Waals surface area contributed by atoms with Gasteiger partial charge < -0.3 is 18.9 Å². The minimum Gasteiger partial charge on any atom is -0.439 e. The fourth-order valence-electron chi connectivity index (χ4n) is 4.67. The van der Waals surface area contributed by atoms with E-state index in [1.54, 1.807) is 0 Å². The molecule has 0 saturated carbocycles. The third-order valence-corrected chi connectivity index (χ3v) is 9.50. The van der Waals surface area contributed by atoms with Crippen molar-refractivity contribution in [2.75, 3.05) is 24.7 Å². The Bertz CT molecular complexity index is 978. The molecule has 2 aliphatic heterocycles. The van der Waals surface area contributed by atoms with Crippen LogP contribution in [0, 0.1) is 5.92 Å². The summed E-state index contributed by atoms with van der Waals surface area (Å²) >= 11 is 14.4. The van der Waals surface area contributed by atoms with Crippen LogP contribution >= 0.6 is 48.0 Å². The van der Waals surface area contributed by atoms with E-state index in [9.17, 15) is 0 Å². The average Bonchev–Trinajstić information content (AvgIpc) is 3.77. The van der Waals surface area contributed by atoms with E-state index in [0.717, 1.165) is 67.5 Å². The van der Waals surface area contributed by atoms with Crippen LogP contribution < -0.4 is 9.47 Å². The summed E-state index contributed by atoms with van der Waals surface area (Å²) in [7, 11) is 0. The maximum atomic E-state index is 6.45. The Labute approximate surface area is 241 Å². The maximum Gasteiger partial charge on any atom is 0.225 e. The standard InChI is InChI=1S/C29H38O4S4/c1-5-6-7-8-20-12-25(32-28(34)36-16-21-14-30-21)27(24-11-19(4)9-10-23(24)18(2)3)26(13-20)33-29(35)37-17-22-15-31-22/h11-13,21-24H,2,5-10,14-17H2,1,3-4H3/t21?,22?,23-,24+/m0/s1. The maximum absolute atomic E-state index is 6.45. The largest absolute Gasteiger partial charge is 0.439 e. The molecule has 4 atom stereocenters. The molecular formula is C29H38O4S4. The monoisotopic (exact) mass is 578 g/mol. The molecule has 1 aromatic carbocycles. The number of thioether (sulfide) groups is 2. The molecule has 0 spiro atoms. The zero-order valence-corrected chi connectivity index (χ0v) is 25.4. The Morgan fingerprint density at radius 1 is 1.03 bits per heavy atom. The van der Waals surface area contributed by atoms with Crippen LogP contribution in [0.2, 0.25) is 0 Å². The fraction of sp³-hybridized carbons (Fsp3) is 0.586. The highest BCUT2D eigenvalue weighted by molar-refractivity contribution is 8.23. The molecule has 0 radical (unpaired) electrons. The van der Waals surface area contributed by atoms with Crippen LogP contribution in [0.5, 0.6) is 11.5 Å². The summed E-state index contributed by atoms with van der Waals surface area (Å²) in [4.78, 5) is 0. The molecule has 4 rings (SSSR count). The van der Waals surface area contributed by atoms with Crippen LogP contribution in [0.3, 0.4) is 0 Å². The second-order valence-corrected chi connectivity index (χ2v) is 13.5. The normalized spacial score (nSPS) is 24.2. The number of hydrogen-bond donors (Lipinski definition) is 0. The van der Waals surface area contributed by atoms with Crippen molar-refractivity contribution in [3.63, 3.8) is 0 Å². The minimum absolute atomic E-state index is 0.0834. The molecule has 2 fully saturated rings. The number of aryl methyl sites for hydroxylation is 1. The first-order valence-corrected chi connectivity index (χ1v) is 16.0. The van der Waals surface area contributed by atoms with Gasteiger partial charge in [0.1, 0.15) is 11.5 Å². The quantitative estimate of drug-likeness (QED) is 0.107. The van der Waals surface area contributed by atoms with Gasteiger partial charge in [0.25, 0.3) is 0 Å². The molecule has 8 heteroatoms. The zero-order chi connectivity index (χ0) is 26.4. The number of hydrogen-bond acceptors (Lipinski definition) is 8. The Kier molecular flexibility index (Phi) is 11.0. The van der Waals surface area contributed by atoms with Gasteiger partial charge in [-0.3, -0.25) is 0 Å². The highest BCUT2D eigenvalue weighted by atomic mass is 32.2. The van der Waals surface area contributed by atoms with E-state index in [2.05, 4.69) is 45.6 Å². The van der Waals surface area contributed by atoms with E-state index in [-0.39, 0.29) is 18.1 Å². The van der Waals surface area contributed by atoms with E-state index in [0.29, 0.717) is 14.7 Å². The van der Waals surface area contributed by atoms with E-state index in [1.807, 2.05) is 0 Å². The summed E-state index contributed by atoms with van der Waals surface area (Å²) in [5.74, 6) is 3.56. The number of epoxide rings is 2. The molecule has 2 heterocycles. The van der Waals surface area contributed by atoms with Crippen molar-refractivity contribution in [3.8, 4) is 11.5 Å². The summed E-state index contributed by atoms with van der Waals surface area (Å²) in [6, 6.07) is 4.33. The lowest BCUT2D eigenvalue weighted by Gasteiger charge is -2.33. The second kappa shape index (κ2) is 13.9. The summed E-state index contributed by atoms with van der Waals surface area (Å²) in [6.45, 7) is 12.5. The third kappa shape index (κ3) is 9.07. The predicted octanol–water partition coefficient (Wildman–Crippen LogP) is 8.03. The van der Waals surface area contributed by atoms with Gasteiger partial charge in [-0.2, -0.15) is 0 Å². The highest BCUT2D eigenvalue weighted by Gasteiger charge is 2.33. The van der Waals surface area contributed by atoms with Gasteiger partial charge in [-0.25, -0.2) is 0 Å². The van der Waals surface area contributed by atoms with Gasteiger partial charge in [0.05, 0.1) is 25.4 Å². The number of unbranched alkanes of at least 4 members (excludes halogenated alkanes) is 2. The number of allylic oxidation sites excluding steroid dienone is 3. The van der Waals surface area contributed by atoms with Gasteiger partial charge in [0, 0.05) is 23.0 Å². The van der Waals surface area contributed by atoms with Crippen LogP contribution in [-0.2, 0) is 15.9 Å². The first-order chi connectivity index (χ1) is 17.8. The number of ether oxygens (including phenoxy) is 4. The van der Waals surface area contributed by atoms with Gasteiger partial charge in [0.15, 0.2) is 0 Å². The van der Waals surface area contributed by atoms with Crippen molar-refractivity contribution < 1.29 is 18.9 Å². The molecule has 0 bridgehead atoms. The topological polar surface area (TPSA) is 43.5 Å². The van der Waals surface area contributed by atoms with Crippen molar-refractivity contribution >= 4 is 56.7 Å². The number of thiocarbonyl (C=S) groups is 2. The molecule has 0 N–H and O–H groups in total. The number of benzene rings is 1. The molecule has 2 unspecified atom stereocenters. The zero-order valence-electron chi connectivity index (χ0n) is 22.1. The second-order valence-electron chi connectivity index (χ2n) is 10.2. The van der Waals surface area contributed by atoms with Gasteiger partial charge in [-0.15, -0.1) is 0 Å². The van der Waals surface area contributed by atoms with Gasteiger partial charge in [0.2, 0.25) is 8.77 Å². The van der Waals surface area contributed by atoms with Crippen LogP contribution in [-0.4, -0.2) is 45.7 Å².